The van der Waals surface area contributed by atoms with E-state index in [1.165, 1.54) is 19.2 Å². The van der Waals surface area contributed by atoms with Crippen LogP contribution in [0.15, 0.2) is 58.8 Å². The summed E-state index contributed by atoms with van der Waals surface area (Å²) in [6, 6.07) is 14.6. The van der Waals surface area contributed by atoms with Crippen LogP contribution in [0.5, 0.6) is 5.75 Å². The minimum Gasteiger partial charge on any atom is -0.497 e. The molecular weight excluding hydrogens is 422 g/mol. The normalized spacial score (nSPS) is 12.3. The maximum Gasteiger partial charge on any atom is 0.241 e. The van der Waals surface area contributed by atoms with E-state index < -0.39 is 22.0 Å². The van der Waals surface area contributed by atoms with Crippen LogP contribution in [0.1, 0.15) is 12.0 Å². The first-order valence-electron chi connectivity index (χ1n) is 9.21. The number of nitriles is 1. The highest BCUT2D eigenvalue weighted by molar-refractivity contribution is 7.89. The highest BCUT2D eigenvalue weighted by Gasteiger charge is 2.27. The fourth-order valence-electron chi connectivity index (χ4n) is 2.97. The Hall–Kier alpha value is -2.93. The molecule has 1 aromatic heterocycles. The summed E-state index contributed by atoms with van der Waals surface area (Å²) < 4.78 is 34.4. The SMILES string of the molecule is COc1ccc(S(=O)(=O)NC(Cc2csc3ccccc23)C(=O)NCCC#N)cc1. The summed E-state index contributed by atoms with van der Waals surface area (Å²) >= 11 is 1.54. The van der Waals surface area contributed by atoms with Crippen LogP contribution in [0.25, 0.3) is 10.1 Å². The van der Waals surface area contributed by atoms with Crippen LogP contribution in [0, 0.1) is 11.3 Å². The van der Waals surface area contributed by atoms with E-state index in [1.807, 2.05) is 35.7 Å². The van der Waals surface area contributed by atoms with E-state index in [1.54, 1.807) is 23.5 Å². The van der Waals surface area contributed by atoms with Crippen molar-refractivity contribution in [2.75, 3.05) is 13.7 Å². The molecule has 1 heterocycles. The second-order valence-electron chi connectivity index (χ2n) is 6.51. The predicted molar refractivity (Wildman–Crippen MR) is 116 cm³/mol. The maximum atomic E-state index is 12.9. The average molecular weight is 444 g/mol. The fourth-order valence-corrected chi connectivity index (χ4v) is 5.14. The molecule has 2 N–H and O–H groups in total. The van der Waals surface area contributed by atoms with Gasteiger partial charge in [0, 0.05) is 11.2 Å². The van der Waals surface area contributed by atoms with Gasteiger partial charge >= 0.3 is 0 Å². The Morgan fingerprint density at radius 2 is 1.93 bits per heavy atom. The fraction of sp³-hybridized carbons (Fsp3) is 0.238. The lowest BCUT2D eigenvalue weighted by Gasteiger charge is -2.18. The molecular formula is C21H21N3O4S2. The smallest absolute Gasteiger partial charge is 0.241 e. The second kappa shape index (κ2) is 9.71. The van der Waals surface area contributed by atoms with Gasteiger partial charge in [-0.15, -0.1) is 11.3 Å². The number of methoxy groups -OCH3 is 1. The first-order chi connectivity index (χ1) is 14.4. The van der Waals surface area contributed by atoms with Crippen molar-refractivity contribution in [3.63, 3.8) is 0 Å². The molecule has 1 atom stereocenters. The molecule has 0 aliphatic carbocycles. The van der Waals surface area contributed by atoms with Crippen molar-refractivity contribution >= 4 is 37.4 Å². The molecule has 1 amide bonds. The van der Waals surface area contributed by atoms with Gasteiger partial charge in [-0.1, -0.05) is 18.2 Å². The quantitative estimate of drug-likeness (QED) is 0.495. The van der Waals surface area contributed by atoms with Gasteiger partial charge in [0.1, 0.15) is 11.8 Å². The average Bonchev–Trinajstić information content (AvgIpc) is 3.16. The number of ether oxygens (including phenoxy) is 1. The van der Waals surface area contributed by atoms with Crippen LogP contribution in [-0.4, -0.2) is 34.0 Å². The van der Waals surface area contributed by atoms with E-state index in [2.05, 4.69) is 10.0 Å². The summed E-state index contributed by atoms with van der Waals surface area (Å²) in [6.45, 7) is 0.153. The first-order valence-corrected chi connectivity index (χ1v) is 11.6. The van der Waals surface area contributed by atoms with Crippen molar-refractivity contribution < 1.29 is 17.9 Å². The standard InChI is InChI=1S/C21H21N3O4S2/c1-28-16-7-9-17(10-8-16)30(26,27)24-19(21(25)23-12-4-11-22)13-15-14-29-20-6-3-2-5-18(15)20/h2-3,5-10,14,19,24H,4,12-13H2,1H3,(H,23,25). The Labute approximate surface area is 179 Å². The Kier molecular flexibility index (Phi) is 7.05. The van der Waals surface area contributed by atoms with E-state index in [0.717, 1.165) is 15.6 Å². The van der Waals surface area contributed by atoms with E-state index in [4.69, 9.17) is 10.00 Å². The Balaban J connectivity index is 1.86. The number of nitrogens with one attached hydrogen (secondary N) is 2. The molecule has 0 radical (unpaired) electrons. The van der Waals surface area contributed by atoms with Crippen molar-refractivity contribution in [3.8, 4) is 11.8 Å². The number of hydrogen-bond donors (Lipinski definition) is 2. The van der Waals surface area contributed by atoms with Crippen LogP contribution in [-0.2, 0) is 21.2 Å². The van der Waals surface area contributed by atoms with Gasteiger partial charge < -0.3 is 10.1 Å². The molecule has 3 aromatic rings. The number of fused-ring (bicyclic) bond motifs is 1. The minimum atomic E-state index is -3.94. The van der Waals surface area contributed by atoms with Crippen molar-refractivity contribution in [2.24, 2.45) is 0 Å². The summed E-state index contributed by atoms with van der Waals surface area (Å²) in [4.78, 5) is 12.8. The molecule has 0 saturated heterocycles. The number of sulfonamides is 1. The largest absolute Gasteiger partial charge is 0.497 e. The van der Waals surface area contributed by atoms with Crippen LogP contribution >= 0.6 is 11.3 Å². The third-order valence-corrected chi connectivity index (χ3v) is 7.00. The molecule has 9 heteroatoms. The van der Waals surface area contributed by atoms with Crippen LogP contribution in [0.2, 0.25) is 0 Å². The number of thiophene rings is 1. The van der Waals surface area contributed by atoms with E-state index in [9.17, 15) is 13.2 Å². The van der Waals surface area contributed by atoms with Crippen molar-refractivity contribution in [2.45, 2.75) is 23.8 Å². The third kappa shape index (κ3) is 5.16. The van der Waals surface area contributed by atoms with Gasteiger partial charge in [0.2, 0.25) is 15.9 Å². The molecule has 156 valence electrons. The number of carbonyl (C=O) groups is 1. The molecule has 1 unspecified atom stereocenters. The monoisotopic (exact) mass is 443 g/mol. The predicted octanol–water partition coefficient (Wildman–Crippen LogP) is 2.83. The van der Waals surface area contributed by atoms with Crippen LogP contribution in [0.4, 0.5) is 0 Å². The topological polar surface area (TPSA) is 108 Å². The molecule has 2 aromatic carbocycles. The molecule has 0 bridgehead atoms. The summed E-state index contributed by atoms with van der Waals surface area (Å²) in [5, 5.41) is 14.3. The molecule has 30 heavy (non-hydrogen) atoms. The zero-order valence-electron chi connectivity index (χ0n) is 16.3. The zero-order valence-corrected chi connectivity index (χ0v) is 17.9. The second-order valence-corrected chi connectivity index (χ2v) is 9.13. The lowest BCUT2D eigenvalue weighted by Crippen LogP contribution is -2.48. The maximum absolute atomic E-state index is 12.9. The lowest BCUT2D eigenvalue weighted by molar-refractivity contribution is -0.122. The van der Waals surface area contributed by atoms with Crippen molar-refractivity contribution in [3.05, 3.63) is 59.5 Å². The summed E-state index contributed by atoms with van der Waals surface area (Å²) in [6.07, 6.45) is 0.336. The van der Waals surface area contributed by atoms with E-state index >= 15 is 0 Å². The van der Waals surface area contributed by atoms with Gasteiger partial charge in [-0.3, -0.25) is 4.79 Å². The molecule has 0 fully saturated rings. The summed E-state index contributed by atoms with van der Waals surface area (Å²) in [5.74, 6) is 0.0575. The van der Waals surface area contributed by atoms with Crippen molar-refractivity contribution in [1.29, 1.82) is 5.26 Å². The first kappa shape index (κ1) is 21.8. The van der Waals surface area contributed by atoms with Gasteiger partial charge in [0.05, 0.1) is 24.5 Å². The molecule has 0 aliphatic rings. The number of hydrogen-bond acceptors (Lipinski definition) is 6. The van der Waals surface area contributed by atoms with E-state index in [0.29, 0.717) is 5.75 Å². The minimum absolute atomic E-state index is 0.0355. The number of rotatable bonds is 9. The van der Waals surface area contributed by atoms with Crippen molar-refractivity contribution in [1.82, 2.24) is 10.0 Å². The molecule has 0 spiro atoms. The highest BCUT2D eigenvalue weighted by atomic mass is 32.2. The summed E-state index contributed by atoms with van der Waals surface area (Å²) in [7, 11) is -2.45. The van der Waals surface area contributed by atoms with Crippen LogP contribution < -0.4 is 14.8 Å². The third-order valence-electron chi connectivity index (χ3n) is 4.50. The number of benzene rings is 2. The number of nitrogens with zero attached hydrogens (tertiary/aromatic N) is 1. The Morgan fingerprint density at radius 3 is 2.63 bits per heavy atom. The van der Waals surface area contributed by atoms with Gasteiger partial charge in [-0.05, 0) is 53.1 Å². The van der Waals surface area contributed by atoms with Crippen LogP contribution in [0.3, 0.4) is 0 Å². The van der Waals surface area contributed by atoms with Gasteiger partial charge in [0.15, 0.2) is 0 Å². The highest BCUT2D eigenvalue weighted by Crippen LogP contribution is 2.27. The Bertz CT molecular complexity index is 1160. The molecule has 7 nitrogen and oxygen atoms in total. The van der Waals surface area contributed by atoms with Gasteiger partial charge in [-0.2, -0.15) is 9.98 Å². The van der Waals surface area contributed by atoms with Gasteiger partial charge in [-0.25, -0.2) is 8.42 Å². The Morgan fingerprint density at radius 1 is 1.20 bits per heavy atom. The zero-order chi connectivity index (χ0) is 21.6. The lowest BCUT2D eigenvalue weighted by atomic mass is 10.1. The summed E-state index contributed by atoms with van der Waals surface area (Å²) in [5.41, 5.74) is 0.883. The van der Waals surface area contributed by atoms with Gasteiger partial charge in [0.25, 0.3) is 0 Å². The molecule has 0 saturated carbocycles. The molecule has 3 rings (SSSR count). The number of carbonyl (C=O) groups excluding carboxylic acids is 1. The number of amides is 1. The van der Waals surface area contributed by atoms with E-state index in [-0.39, 0.29) is 24.3 Å². The molecule has 0 aliphatic heterocycles.